The van der Waals surface area contributed by atoms with Gasteiger partial charge < -0.3 is 15.0 Å². The summed E-state index contributed by atoms with van der Waals surface area (Å²) in [5.74, 6) is 1.33. The first-order chi connectivity index (χ1) is 8.13. The standard InChI is InChI=1S/C12H21N3O2/c1-10(2)3-4-12(17)15(7-8-16)9-11-13-5-6-14-11/h5-6,10,16H,3-4,7-9H2,1-2H3,(H,13,14). The van der Waals surface area contributed by atoms with E-state index in [-0.39, 0.29) is 12.5 Å². The highest BCUT2D eigenvalue weighted by molar-refractivity contribution is 5.76. The SMILES string of the molecule is CC(C)CCC(=O)N(CCO)Cc1ncc[nH]1. The Balaban J connectivity index is 2.49. The van der Waals surface area contributed by atoms with Gasteiger partial charge in [-0.25, -0.2) is 4.98 Å². The van der Waals surface area contributed by atoms with Crippen LogP contribution >= 0.6 is 0 Å². The fourth-order valence-corrected chi connectivity index (χ4v) is 1.55. The highest BCUT2D eigenvalue weighted by atomic mass is 16.3. The number of carbonyl (C=O) groups is 1. The second-order valence-corrected chi connectivity index (χ2v) is 4.51. The van der Waals surface area contributed by atoms with Crippen LogP contribution in [0.3, 0.4) is 0 Å². The summed E-state index contributed by atoms with van der Waals surface area (Å²) in [7, 11) is 0. The monoisotopic (exact) mass is 239 g/mol. The Bertz CT molecular complexity index is 323. The molecular weight excluding hydrogens is 218 g/mol. The van der Waals surface area contributed by atoms with Crippen molar-refractivity contribution in [3.8, 4) is 0 Å². The molecule has 2 N–H and O–H groups in total. The van der Waals surface area contributed by atoms with Crippen molar-refractivity contribution in [2.24, 2.45) is 5.92 Å². The van der Waals surface area contributed by atoms with Crippen LogP contribution in [0.2, 0.25) is 0 Å². The van der Waals surface area contributed by atoms with Crippen molar-refractivity contribution in [2.75, 3.05) is 13.2 Å². The third-order valence-electron chi connectivity index (χ3n) is 2.55. The molecule has 0 saturated carbocycles. The lowest BCUT2D eigenvalue weighted by Gasteiger charge is -2.21. The summed E-state index contributed by atoms with van der Waals surface area (Å²) in [6.07, 6.45) is 4.79. The number of aromatic amines is 1. The quantitative estimate of drug-likeness (QED) is 0.750. The van der Waals surface area contributed by atoms with Gasteiger partial charge in [0.25, 0.3) is 0 Å². The van der Waals surface area contributed by atoms with Gasteiger partial charge in [0.2, 0.25) is 5.91 Å². The zero-order chi connectivity index (χ0) is 12.7. The molecule has 0 fully saturated rings. The number of nitrogens with one attached hydrogen (secondary N) is 1. The van der Waals surface area contributed by atoms with Gasteiger partial charge in [0.05, 0.1) is 13.2 Å². The molecule has 0 aromatic carbocycles. The van der Waals surface area contributed by atoms with E-state index in [2.05, 4.69) is 23.8 Å². The first-order valence-corrected chi connectivity index (χ1v) is 6.00. The molecule has 5 heteroatoms. The fourth-order valence-electron chi connectivity index (χ4n) is 1.55. The number of hydrogen-bond acceptors (Lipinski definition) is 3. The molecular formula is C12H21N3O2. The van der Waals surface area contributed by atoms with E-state index in [0.717, 1.165) is 12.2 Å². The number of hydrogen-bond donors (Lipinski definition) is 2. The molecule has 0 atom stereocenters. The topological polar surface area (TPSA) is 69.2 Å². The number of rotatable bonds is 7. The van der Waals surface area contributed by atoms with Crippen molar-refractivity contribution in [2.45, 2.75) is 33.2 Å². The molecule has 5 nitrogen and oxygen atoms in total. The van der Waals surface area contributed by atoms with Crippen molar-refractivity contribution in [1.82, 2.24) is 14.9 Å². The summed E-state index contributed by atoms with van der Waals surface area (Å²) in [5, 5.41) is 8.97. The van der Waals surface area contributed by atoms with Gasteiger partial charge in [0.15, 0.2) is 0 Å². The van der Waals surface area contributed by atoms with E-state index < -0.39 is 0 Å². The van der Waals surface area contributed by atoms with Gasteiger partial charge in [0, 0.05) is 25.4 Å². The minimum Gasteiger partial charge on any atom is -0.395 e. The molecule has 0 aliphatic heterocycles. The molecule has 0 aliphatic rings. The molecule has 1 amide bonds. The van der Waals surface area contributed by atoms with Crippen molar-refractivity contribution in [3.63, 3.8) is 0 Å². The first-order valence-electron chi connectivity index (χ1n) is 6.00. The van der Waals surface area contributed by atoms with Gasteiger partial charge in [-0.15, -0.1) is 0 Å². The van der Waals surface area contributed by atoms with E-state index in [1.165, 1.54) is 0 Å². The van der Waals surface area contributed by atoms with Crippen molar-refractivity contribution < 1.29 is 9.90 Å². The highest BCUT2D eigenvalue weighted by Gasteiger charge is 2.14. The Morgan fingerprint density at radius 1 is 1.59 bits per heavy atom. The molecule has 1 aromatic rings. The number of aliphatic hydroxyl groups is 1. The maximum absolute atomic E-state index is 11.9. The zero-order valence-corrected chi connectivity index (χ0v) is 10.5. The molecule has 0 unspecified atom stereocenters. The Morgan fingerprint density at radius 3 is 2.88 bits per heavy atom. The van der Waals surface area contributed by atoms with Gasteiger partial charge >= 0.3 is 0 Å². The smallest absolute Gasteiger partial charge is 0.223 e. The Morgan fingerprint density at radius 2 is 2.35 bits per heavy atom. The molecule has 96 valence electrons. The molecule has 1 heterocycles. The molecule has 0 bridgehead atoms. The Kier molecular flexibility index (Phi) is 5.69. The Labute approximate surface area is 102 Å². The van der Waals surface area contributed by atoms with Crippen molar-refractivity contribution in [1.29, 1.82) is 0 Å². The van der Waals surface area contributed by atoms with Crippen molar-refractivity contribution >= 4 is 5.91 Å². The van der Waals surface area contributed by atoms with Gasteiger partial charge in [0.1, 0.15) is 5.82 Å². The molecule has 0 aliphatic carbocycles. The Hall–Kier alpha value is -1.36. The van der Waals surface area contributed by atoms with Crippen LogP contribution in [0.4, 0.5) is 0 Å². The van der Waals surface area contributed by atoms with Crippen LogP contribution in [-0.4, -0.2) is 39.0 Å². The summed E-state index contributed by atoms with van der Waals surface area (Å²) in [6, 6.07) is 0. The lowest BCUT2D eigenvalue weighted by molar-refractivity contribution is -0.132. The number of aliphatic hydroxyl groups excluding tert-OH is 1. The number of amides is 1. The second kappa shape index (κ2) is 7.06. The third-order valence-corrected chi connectivity index (χ3v) is 2.55. The number of imidazole rings is 1. The lowest BCUT2D eigenvalue weighted by Crippen LogP contribution is -2.33. The van der Waals surface area contributed by atoms with Crippen LogP contribution in [-0.2, 0) is 11.3 Å². The van der Waals surface area contributed by atoms with E-state index in [1.807, 2.05) is 0 Å². The predicted octanol–water partition coefficient (Wildman–Crippen LogP) is 1.17. The van der Waals surface area contributed by atoms with Crippen LogP contribution < -0.4 is 0 Å². The van der Waals surface area contributed by atoms with Gasteiger partial charge in [-0.3, -0.25) is 4.79 Å². The van der Waals surface area contributed by atoms with E-state index in [0.29, 0.717) is 25.4 Å². The highest BCUT2D eigenvalue weighted by Crippen LogP contribution is 2.08. The number of nitrogens with zero attached hydrogens (tertiary/aromatic N) is 2. The fraction of sp³-hybridized carbons (Fsp3) is 0.667. The van der Waals surface area contributed by atoms with E-state index in [1.54, 1.807) is 17.3 Å². The number of H-pyrrole nitrogens is 1. The van der Waals surface area contributed by atoms with Crippen molar-refractivity contribution in [3.05, 3.63) is 18.2 Å². The second-order valence-electron chi connectivity index (χ2n) is 4.51. The van der Waals surface area contributed by atoms with E-state index in [9.17, 15) is 4.79 Å². The van der Waals surface area contributed by atoms with E-state index >= 15 is 0 Å². The van der Waals surface area contributed by atoms with E-state index in [4.69, 9.17) is 5.11 Å². The predicted molar refractivity (Wildman–Crippen MR) is 65.2 cm³/mol. The van der Waals surface area contributed by atoms with Crippen LogP contribution in [0.5, 0.6) is 0 Å². The molecule has 1 rings (SSSR count). The summed E-state index contributed by atoms with van der Waals surface area (Å²) in [5.41, 5.74) is 0. The maximum Gasteiger partial charge on any atom is 0.223 e. The molecule has 0 saturated heterocycles. The zero-order valence-electron chi connectivity index (χ0n) is 10.5. The largest absolute Gasteiger partial charge is 0.395 e. The summed E-state index contributed by atoms with van der Waals surface area (Å²) in [6.45, 7) is 4.96. The van der Waals surface area contributed by atoms with Crippen LogP contribution in [0.1, 0.15) is 32.5 Å². The van der Waals surface area contributed by atoms with Crippen LogP contribution in [0, 0.1) is 5.92 Å². The maximum atomic E-state index is 11.9. The average molecular weight is 239 g/mol. The summed E-state index contributed by atoms with van der Waals surface area (Å²) < 4.78 is 0. The molecule has 0 spiro atoms. The van der Waals surface area contributed by atoms with Crippen LogP contribution in [0.25, 0.3) is 0 Å². The van der Waals surface area contributed by atoms with Gasteiger partial charge in [-0.2, -0.15) is 0 Å². The molecule has 0 radical (unpaired) electrons. The summed E-state index contributed by atoms with van der Waals surface area (Å²) in [4.78, 5) is 20.6. The van der Waals surface area contributed by atoms with Gasteiger partial charge in [-0.05, 0) is 12.3 Å². The van der Waals surface area contributed by atoms with Gasteiger partial charge in [-0.1, -0.05) is 13.8 Å². The van der Waals surface area contributed by atoms with Crippen LogP contribution in [0.15, 0.2) is 12.4 Å². The molecule has 17 heavy (non-hydrogen) atoms. The normalized spacial score (nSPS) is 10.8. The minimum atomic E-state index is -0.0197. The number of carbonyl (C=O) groups excluding carboxylic acids is 1. The average Bonchev–Trinajstić information content (AvgIpc) is 2.78. The lowest BCUT2D eigenvalue weighted by atomic mass is 10.1. The minimum absolute atomic E-state index is 0.0197. The number of aromatic nitrogens is 2. The third kappa shape index (κ3) is 4.99. The molecule has 1 aromatic heterocycles. The first kappa shape index (κ1) is 13.7. The summed E-state index contributed by atoms with van der Waals surface area (Å²) >= 11 is 0.